The van der Waals surface area contributed by atoms with E-state index in [0.29, 0.717) is 25.1 Å². The molecule has 0 radical (unpaired) electrons. The van der Waals surface area contributed by atoms with Gasteiger partial charge in [0.05, 0.1) is 10.7 Å². The van der Waals surface area contributed by atoms with Gasteiger partial charge in [-0.25, -0.2) is 0 Å². The van der Waals surface area contributed by atoms with Crippen LogP contribution in [0.3, 0.4) is 0 Å². The molecule has 0 amide bonds. The molecule has 2 aromatic rings. The summed E-state index contributed by atoms with van der Waals surface area (Å²) in [6.07, 6.45) is -5.94. The van der Waals surface area contributed by atoms with Crippen LogP contribution in [-0.2, 0) is 0 Å². The van der Waals surface area contributed by atoms with Crippen molar-refractivity contribution in [3.63, 3.8) is 0 Å². The zero-order chi connectivity index (χ0) is 14.3. The van der Waals surface area contributed by atoms with Gasteiger partial charge in [0.2, 0.25) is 0 Å². The van der Waals surface area contributed by atoms with Crippen molar-refractivity contribution in [1.29, 1.82) is 0 Å². The fraction of sp³-hybridized carbons (Fsp3) is 0.500. The van der Waals surface area contributed by atoms with E-state index in [9.17, 15) is 18.3 Å². The summed E-state index contributed by atoms with van der Waals surface area (Å²) < 4.78 is 42.7. The number of halogens is 3. The molecule has 0 aliphatic carbocycles. The minimum Gasteiger partial charge on any atom is -0.382 e. The molecule has 2 atom stereocenters. The standard InChI is InChI=1S/C12H12F3N3OS/c13-12(14,15)11(19)9-2-1-5-18(9)7-3-4-8-10(6-7)20-17-16-8/h3-4,6,9,11,19H,1-2,5H2. The molecular formula is C12H12F3N3OS. The lowest BCUT2D eigenvalue weighted by molar-refractivity contribution is -0.209. The largest absolute Gasteiger partial charge is 0.416 e. The van der Waals surface area contributed by atoms with Gasteiger partial charge in [-0.05, 0) is 42.6 Å². The topological polar surface area (TPSA) is 49.2 Å². The highest BCUT2D eigenvalue weighted by atomic mass is 32.1. The number of aliphatic hydroxyl groups is 1. The molecule has 3 rings (SSSR count). The monoisotopic (exact) mass is 303 g/mol. The number of nitrogens with zero attached hydrogens (tertiary/aromatic N) is 3. The van der Waals surface area contributed by atoms with Crippen LogP contribution >= 0.6 is 11.5 Å². The van der Waals surface area contributed by atoms with Gasteiger partial charge < -0.3 is 10.0 Å². The van der Waals surface area contributed by atoms with Gasteiger partial charge in [0.1, 0.15) is 5.52 Å². The third kappa shape index (κ3) is 2.33. The lowest BCUT2D eigenvalue weighted by Gasteiger charge is -2.31. The van der Waals surface area contributed by atoms with Crippen LogP contribution in [0.5, 0.6) is 0 Å². The van der Waals surface area contributed by atoms with Crippen molar-refractivity contribution in [3.05, 3.63) is 18.2 Å². The van der Waals surface area contributed by atoms with E-state index in [1.54, 1.807) is 23.1 Å². The maximum Gasteiger partial charge on any atom is 0.416 e. The van der Waals surface area contributed by atoms with E-state index in [-0.39, 0.29) is 0 Å². The number of rotatable bonds is 2. The first kappa shape index (κ1) is 13.6. The first-order chi connectivity index (χ1) is 9.47. The van der Waals surface area contributed by atoms with Crippen molar-refractivity contribution >= 4 is 27.4 Å². The van der Waals surface area contributed by atoms with Gasteiger partial charge in [0.15, 0.2) is 6.10 Å². The summed E-state index contributed by atoms with van der Waals surface area (Å²) in [5, 5.41) is 13.4. The van der Waals surface area contributed by atoms with E-state index in [4.69, 9.17) is 0 Å². The van der Waals surface area contributed by atoms with Crippen LogP contribution in [-0.4, -0.2) is 39.6 Å². The minimum absolute atomic E-state index is 0.333. The molecule has 1 aliphatic heterocycles. The van der Waals surface area contributed by atoms with E-state index in [1.165, 1.54) is 11.5 Å². The van der Waals surface area contributed by atoms with Crippen molar-refractivity contribution in [3.8, 4) is 0 Å². The molecule has 1 aromatic heterocycles. The van der Waals surface area contributed by atoms with Crippen LogP contribution in [0.25, 0.3) is 10.2 Å². The maximum absolute atomic E-state index is 12.7. The first-order valence-electron chi connectivity index (χ1n) is 6.20. The fourth-order valence-electron chi connectivity index (χ4n) is 2.61. The van der Waals surface area contributed by atoms with E-state index < -0.39 is 18.3 Å². The molecule has 1 fully saturated rings. The summed E-state index contributed by atoms with van der Waals surface area (Å²) in [5.74, 6) is 0. The Bertz CT molecular complexity index is 615. The zero-order valence-electron chi connectivity index (χ0n) is 10.3. The summed E-state index contributed by atoms with van der Waals surface area (Å²) in [4.78, 5) is 1.62. The molecule has 2 unspecified atom stereocenters. The third-order valence-electron chi connectivity index (χ3n) is 3.56. The molecule has 4 nitrogen and oxygen atoms in total. The molecule has 1 N–H and O–H groups in total. The summed E-state index contributed by atoms with van der Waals surface area (Å²) in [7, 11) is 0. The first-order valence-corrected chi connectivity index (χ1v) is 6.98. The molecule has 1 saturated heterocycles. The SMILES string of the molecule is OC(C1CCCN1c1ccc2nnsc2c1)C(F)(F)F. The Morgan fingerprint density at radius 2 is 2.20 bits per heavy atom. The molecule has 1 aromatic carbocycles. The summed E-state index contributed by atoms with van der Waals surface area (Å²) >= 11 is 1.20. The molecule has 1 aliphatic rings. The molecule has 0 saturated carbocycles. The quantitative estimate of drug-likeness (QED) is 0.926. The Hall–Kier alpha value is -1.41. The lowest BCUT2D eigenvalue weighted by atomic mass is 10.1. The van der Waals surface area contributed by atoms with E-state index in [0.717, 1.165) is 10.2 Å². The molecule has 0 bridgehead atoms. The van der Waals surface area contributed by atoms with E-state index in [1.807, 2.05) is 0 Å². The molecule has 20 heavy (non-hydrogen) atoms. The van der Waals surface area contributed by atoms with E-state index in [2.05, 4.69) is 9.59 Å². The second kappa shape index (κ2) is 4.85. The Labute approximate surface area is 117 Å². The Morgan fingerprint density at radius 1 is 1.40 bits per heavy atom. The van der Waals surface area contributed by atoms with Crippen LogP contribution in [0.4, 0.5) is 18.9 Å². The average molecular weight is 303 g/mol. The highest BCUT2D eigenvalue weighted by Crippen LogP contribution is 2.34. The molecule has 108 valence electrons. The molecule has 0 spiro atoms. The van der Waals surface area contributed by atoms with Crippen LogP contribution in [0.15, 0.2) is 18.2 Å². The normalized spacial score (nSPS) is 21.6. The smallest absolute Gasteiger partial charge is 0.382 e. The van der Waals surface area contributed by atoms with Gasteiger partial charge in [-0.3, -0.25) is 0 Å². The third-order valence-corrected chi connectivity index (χ3v) is 4.25. The number of benzene rings is 1. The predicted octanol–water partition coefficient (Wildman–Crippen LogP) is 2.58. The Kier molecular flexibility index (Phi) is 3.29. The lowest BCUT2D eigenvalue weighted by Crippen LogP contribution is -2.47. The Morgan fingerprint density at radius 3 is 2.95 bits per heavy atom. The number of hydrogen-bond acceptors (Lipinski definition) is 5. The van der Waals surface area contributed by atoms with Crippen molar-refractivity contribution in [2.24, 2.45) is 0 Å². The van der Waals surface area contributed by atoms with E-state index >= 15 is 0 Å². The highest BCUT2D eigenvalue weighted by Gasteiger charge is 2.47. The Balaban J connectivity index is 1.91. The second-order valence-corrected chi connectivity index (χ2v) is 5.60. The van der Waals surface area contributed by atoms with Gasteiger partial charge in [0.25, 0.3) is 0 Å². The summed E-state index contributed by atoms with van der Waals surface area (Å²) in [5.41, 5.74) is 1.40. The number of aliphatic hydroxyl groups excluding tert-OH is 1. The molecule has 2 heterocycles. The average Bonchev–Trinajstić information content (AvgIpc) is 3.04. The van der Waals surface area contributed by atoms with Crippen molar-refractivity contribution in [2.45, 2.75) is 31.2 Å². The number of fused-ring (bicyclic) bond motifs is 1. The molecule has 8 heteroatoms. The van der Waals surface area contributed by atoms with Gasteiger partial charge in [-0.1, -0.05) is 4.49 Å². The van der Waals surface area contributed by atoms with Crippen LogP contribution in [0, 0.1) is 0 Å². The van der Waals surface area contributed by atoms with Crippen molar-refractivity contribution in [1.82, 2.24) is 9.59 Å². The number of alkyl halides is 3. The second-order valence-electron chi connectivity index (χ2n) is 4.81. The van der Waals surface area contributed by atoms with Crippen LogP contribution in [0.1, 0.15) is 12.8 Å². The van der Waals surface area contributed by atoms with Crippen molar-refractivity contribution < 1.29 is 18.3 Å². The number of anilines is 1. The van der Waals surface area contributed by atoms with Gasteiger partial charge in [-0.15, -0.1) is 5.10 Å². The number of aromatic nitrogens is 2. The highest BCUT2D eigenvalue weighted by molar-refractivity contribution is 7.12. The predicted molar refractivity (Wildman–Crippen MR) is 69.8 cm³/mol. The zero-order valence-corrected chi connectivity index (χ0v) is 11.2. The summed E-state index contributed by atoms with van der Waals surface area (Å²) in [6, 6.07) is 4.32. The van der Waals surface area contributed by atoms with Gasteiger partial charge >= 0.3 is 6.18 Å². The molecular weight excluding hydrogens is 291 g/mol. The van der Waals surface area contributed by atoms with Crippen LogP contribution < -0.4 is 4.90 Å². The summed E-state index contributed by atoms with van der Waals surface area (Å²) in [6.45, 7) is 0.509. The minimum atomic E-state index is -4.59. The van der Waals surface area contributed by atoms with Gasteiger partial charge in [-0.2, -0.15) is 13.2 Å². The van der Waals surface area contributed by atoms with Crippen LogP contribution in [0.2, 0.25) is 0 Å². The maximum atomic E-state index is 12.7. The van der Waals surface area contributed by atoms with Gasteiger partial charge in [0, 0.05) is 12.2 Å². The fourth-order valence-corrected chi connectivity index (χ4v) is 3.20. The number of hydrogen-bond donors (Lipinski definition) is 1. The van der Waals surface area contributed by atoms with Crippen molar-refractivity contribution in [2.75, 3.05) is 11.4 Å².